The largest absolute Gasteiger partial charge is 0.417 e. The molecule has 6 nitrogen and oxygen atoms in total. The maximum absolute atomic E-state index is 12.9. The summed E-state index contributed by atoms with van der Waals surface area (Å²) in [7, 11) is -4.58. The lowest BCUT2D eigenvalue weighted by Crippen LogP contribution is -2.42. The lowest BCUT2D eigenvalue weighted by molar-refractivity contribution is -0.139. The van der Waals surface area contributed by atoms with Crippen molar-refractivity contribution in [3.8, 4) is 0 Å². The van der Waals surface area contributed by atoms with Crippen LogP contribution in [0.3, 0.4) is 0 Å². The predicted molar refractivity (Wildman–Crippen MR) is 80.5 cm³/mol. The second-order valence-electron chi connectivity index (χ2n) is 4.68. The van der Waals surface area contributed by atoms with Crippen LogP contribution in [0.5, 0.6) is 0 Å². The molecular formula is C13H12F3N3O3S2. The van der Waals surface area contributed by atoms with Crippen molar-refractivity contribution in [1.29, 1.82) is 0 Å². The molecule has 1 aromatic heterocycles. The minimum atomic E-state index is -4.84. The Morgan fingerprint density at radius 2 is 1.96 bits per heavy atom. The molecule has 0 radical (unpaired) electrons. The molecule has 1 amide bonds. The van der Waals surface area contributed by atoms with Crippen LogP contribution < -0.4 is 10.3 Å². The smallest absolute Gasteiger partial charge is 0.277 e. The van der Waals surface area contributed by atoms with Crippen molar-refractivity contribution in [2.24, 2.45) is 0 Å². The molecule has 0 aliphatic rings. The Labute approximate surface area is 139 Å². The van der Waals surface area contributed by atoms with E-state index in [2.05, 4.69) is 4.98 Å². The number of aromatic nitrogens is 1. The number of rotatable bonds is 5. The van der Waals surface area contributed by atoms with Crippen molar-refractivity contribution in [3.63, 3.8) is 0 Å². The summed E-state index contributed by atoms with van der Waals surface area (Å²) in [5.74, 6) is -0.742. The molecular weight excluding hydrogens is 367 g/mol. The fourth-order valence-corrected chi connectivity index (χ4v) is 3.51. The lowest BCUT2D eigenvalue weighted by atomic mass is 10.2. The number of amides is 1. The van der Waals surface area contributed by atoms with Crippen LogP contribution in [0.25, 0.3) is 0 Å². The fraction of sp³-hybridized carbons (Fsp3) is 0.231. The molecule has 2 N–H and O–H groups in total. The van der Waals surface area contributed by atoms with Crippen LogP contribution in [0.2, 0.25) is 0 Å². The number of carbonyl (C=O) groups excluding carboxylic acids is 1. The maximum atomic E-state index is 12.9. The van der Waals surface area contributed by atoms with Crippen molar-refractivity contribution >= 4 is 27.3 Å². The molecule has 11 heteroatoms. The first-order chi connectivity index (χ1) is 11.1. The third-order valence-corrected chi connectivity index (χ3v) is 4.94. The molecule has 24 heavy (non-hydrogen) atoms. The molecule has 0 saturated heterocycles. The summed E-state index contributed by atoms with van der Waals surface area (Å²) >= 11 is 1.32. The van der Waals surface area contributed by atoms with Crippen molar-refractivity contribution in [2.75, 3.05) is 0 Å². The summed E-state index contributed by atoms with van der Waals surface area (Å²) in [5.41, 5.74) is 0.996. The van der Waals surface area contributed by atoms with Crippen LogP contribution in [0, 0.1) is 6.92 Å². The van der Waals surface area contributed by atoms with E-state index in [1.54, 1.807) is 17.1 Å². The van der Waals surface area contributed by atoms with Gasteiger partial charge in [0.25, 0.3) is 10.0 Å². The molecule has 0 spiro atoms. The van der Waals surface area contributed by atoms with Crippen LogP contribution in [0.4, 0.5) is 13.2 Å². The number of nitrogens with zero attached hydrogens (tertiary/aromatic N) is 1. The first kappa shape index (κ1) is 18.4. The van der Waals surface area contributed by atoms with Gasteiger partial charge in [-0.1, -0.05) is 12.1 Å². The highest BCUT2D eigenvalue weighted by atomic mass is 32.2. The zero-order valence-electron chi connectivity index (χ0n) is 12.2. The summed E-state index contributed by atoms with van der Waals surface area (Å²) in [5, 5.41) is 2.36. The van der Waals surface area contributed by atoms with E-state index in [0.29, 0.717) is 11.8 Å². The van der Waals surface area contributed by atoms with Crippen LogP contribution in [0.1, 0.15) is 16.3 Å². The summed E-state index contributed by atoms with van der Waals surface area (Å²) in [6.07, 6.45) is -5.04. The Balaban J connectivity index is 2.11. The van der Waals surface area contributed by atoms with E-state index in [-0.39, 0.29) is 6.42 Å². The molecule has 0 atom stereocenters. The normalized spacial score (nSPS) is 12.2. The predicted octanol–water partition coefficient (Wildman–Crippen LogP) is 2.02. The topological polar surface area (TPSA) is 88.2 Å². The number of alkyl halides is 3. The van der Waals surface area contributed by atoms with Gasteiger partial charge in [0.1, 0.15) is 0 Å². The molecule has 0 bridgehead atoms. The molecule has 0 fully saturated rings. The highest BCUT2D eigenvalue weighted by Crippen LogP contribution is 2.33. The second-order valence-corrected chi connectivity index (χ2v) is 7.40. The van der Waals surface area contributed by atoms with Gasteiger partial charge in [-0.3, -0.25) is 10.2 Å². The van der Waals surface area contributed by atoms with Crippen molar-refractivity contribution < 1.29 is 26.4 Å². The maximum Gasteiger partial charge on any atom is 0.417 e. The molecule has 130 valence electrons. The zero-order chi connectivity index (χ0) is 18.0. The van der Waals surface area contributed by atoms with E-state index in [4.69, 9.17) is 0 Å². The standard InChI is InChI=1S/C13H12F3N3O3S2/c1-8-17-9(7-23-8)6-12(20)18-19-24(21,22)11-5-3-2-4-10(11)13(14,15)16/h2-5,7,19H,6H2,1H3,(H,18,20). The van der Waals surface area contributed by atoms with Crippen LogP contribution in [-0.2, 0) is 27.4 Å². The Bertz CT molecular complexity index is 847. The molecule has 0 unspecified atom stereocenters. The minimum absolute atomic E-state index is 0.201. The number of carbonyl (C=O) groups is 1. The van der Waals surface area contributed by atoms with Crippen molar-refractivity contribution in [2.45, 2.75) is 24.4 Å². The van der Waals surface area contributed by atoms with Gasteiger partial charge in [0.05, 0.1) is 27.6 Å². The number of nitrogens with one attached hydrogen (secondary N) is 2. The summed E-state index contributed by atoms with van der Waals surface area (Å²) in [6, 6.07) is 3.68. The Morgan fingerprint density at radius 1 is 1.29 bits per heavy atom. The van der Waals surface area contributed by atoms with Gasteiger partial charge in [-0.2, -0.15) is 13.2 Å². The van der Waals surface area contributed by atoms with Gasteiger partial charge in [-0.15, -0.1) is 16.2 Å². The SMILES string of the molecule is Cc1nc(CC(=O)NNS(=O)(=O)c2ccccc2C(F)(F)F)cs1. The Hall–Kier alpha value is -1.98. The number of thiazole rings is 1. The van der Waals surface area contributed by atoms with Gasteiger partial charge in [0, 0.05) is 5.38 Å². The van der Waals surface area contributed by atoms with Crippen molar-refractivity contribution in [3.05, 3.63) is 45.9 Å². The fourth-order valence-electron chi connectivity index (χ4n) is 1.81. The number of hydrogen-bond donors (Lipinski definition) is 2. The third kappa shape index (κ3) is 4.52. The molecule has 2 aromatic rings. The zero-order valence-corrected chi connectivity index (χ0v) is 13.8. The number of halogens is 3. The average Bonchev–Trinajstić information content (AvgIpc) is 2.89. The van der Waals surface area contributed by atoms with Gasteiger partial charge in [-0.25, -0.2) is 13.4 Å². The monoisotopic (exact) mass is 379 g/mol. The van der Waals surface area contributed by atoms with E-state index < -0.39 is 32.6 Å². The summed E-state index contributed by atoms with van der Waals surface area (Å²) in [6.45, 7) is 1.74. The lowest BCUT2D eigenvalue weighted by Gasteiger charge is -2.14. The van der Waals surface area contributed by atoms with Gasteiger partial charge < -0.3 is 0 Å². The van der Waals surface area contributed by atoms with E-state index in [9.17, 15) is 26.4 Å². The average molecular weight is 379 g/mol. The first-order valence-electron chi connectivity index (χ1n) is 6.47. The summed E-state index contributed by atoms with van der Waals surface area (Å²) in [4.78, 5) is 16.4. The number of sulfonamides is 1. The number of benzene rings is 1. The molecule has 0 aliphatic heterocycles. The first-order valence-corrected chi connectivity index (χ1v) is 8.84. The van der Waals surface area contributed by atoms with E-state index in [1.807, 2.05) is 5.43 Å². The molecule has 2 rings (SSSR count). The van der Waals surface area contributed by atoms with Gasteiger partial charge in [0.15, 0.2) is 0 Å². The molecule has 0 saturated carbocycles. The second kappa shape index (κ2) is 6.87. The third-order valence-electron chi connectivity index (χ3n) is 2.82. The summed E-state index contributed by atoms with van der Waals surface area (Å²) < 4.78 is 62.7. The highest BCUT2D eigenvalue weighted by Gasteiger charge is 2.36. The van der Waals surface area contributed by atoms with Crippen LogP contribution in [0.15, 0.2) is 34.5 Å². The van der Waals surface area contributed by atoms with Crippen molar-refractivity contribution in [1.82, 2.24) is 15.2 Å². The Morgan fingerprint density at radius 3 is 2.54 bits per heavy atom. The molecule has 1 aromatic carbocycles. The number of hydrazine groups is 1. The Kier molecular flexibility index (Phi) is 5.26. The van der Waals surface area contributed by atoms with Gasteiger partial charge >= 0.3 is 6.18 Å². The minimum Gasteiger partial charge on any atom is -0.277 e. The van der Waals surface area contributed by atoms with Crippen LogP contribution in [-0.4, -0.2) is 19.3 Å². The van der Waals surface area contributed by atoms with Crippen LogP contribution >= 0.6 is 11.3 Å². The highest BCUT2D eigenvalue weighted by molar-refractivity contribution is 7.89. The van der Waals surface area contributed by atoms with Gasteiger partial charge in [0.2, 0.25) is 5.91 Å². The molecule has 0 aliphatic carbocycles. The van der Waals surface area contributed by atoms with Gasteiger partial charge in [-0.05, 0) is 19.1 Å². The number of aryl methyl sites for hydroxylation is 1. The molecule has 1 heterocycles. The van der Waals surface area contributed by atoms with E-state index in [0.717, 1.165) is 23.2 Å². The van der Waals surface area contributed by atoms with E-state index in [1.165, 1.54) is 11.3 Å². The van der Waals surface area contributed by atoms with E-state index >= 15 is 0 Å². The number of hydrogen-bond acceptors (Lipinski definition) is 5. The quantitative estimate of drug-likeness (QED) is 0.778.